The van der Waals surface area contributed by atoms with E-state index >= 15 is 0 Å². The molecular formula is C23H21N3O5. The van der Waals surface area contributed by atoms with E-state index in [4.69, 9.17) is 9.26 Å². The molecule has 2 aromatic carbocycles. The lowest BCUT2D eigenvalue weighted by molar-refractivity contribution is -0.144. The second-order valence-electron chi connectivity index (χ2n) is 6.72. The van der Waals surface area contributed by atoms with Crippen LogP contribution in [0.4, 0.5) is 5.88 Å². The Morgan fingerprint density at radius 3 is 2.45 bits per heavy atom. The van der Waals surface area contributed by atoms with Crippen LogP contribution in [-0.4, -0.2) is 29.5 Å². The number of hydrogen-bond donors (Lipinski definition) is 2. The molecule has 0 bridgehead atoms. The van der Waals surface area contributed by atoms with Gasteiger partial charge in [0, 0.05) is 18.6 Å². The van der Waals surface area contributed by atoms with Crippen LogP contribution in [0, 0.1) is 6.92 Å². The zero-order chi connectivity index (χ0) is 22.2. The number of amides is 2. The second kappa shape index (κ2) is 10.0. The molecular weight excluding hydrogens is 398 g/mol. The average Bonchev–Trinajstić information content (AvgIpc) is 3.21. The predicted molar refractivity (Wildman–Crippen MR) is 115 cm³/mol. The third-order valence-electron chi connectivity index (χ3n) is 4.10. The lowest BCUT2D eigenvalue weighted by atomic mass is 10.1. The van der Waals surface area contributed by atoms with Crippen LogP contribution in [0.5, 0.6) is 0 Å². The minimum Gasteiger partial charge on any atom is -0.451 e. The average molecular weight is 419 g/mol. The number of nitrogens with one attached hydrogen (secondary N) is 2. The number of ether oxygens (including phenoxy) is 1. The molecule has 0 aliphatic heterocycles. The number of carbonyl (C=O) groups is 3. The lowest BCUT2D eigenvalue weighted by Gasteiger charge is -2.08. The largest absolute Gasteiger partial charge is 0.451 e. The zero-order valence-electron chi connectivity index (χ0n) is 17.0. The molecule has 0 saturated heterocycles. The lowest BCUT2D eigenvalue weighted by Crippen LogP contribution is -2.28. The van der Waals surface area contributed by atoms with E-state index < -0.39 is 24.4 Å². The number of carbonyl (C=O) groups excluding carboxylic acids is 3. The Hall–Kier alpha value is -4.20. The third-order valence-corrected chi connectivity index (χ3v) is 4.10. The Morgan fingerprint density at radius 1 is 1.06 bits per heavy atom. The van der Waals surface area contributed by atoms with E-state index in [9.17, 15) is 14.4 Å². The van der Waals surface area contributed by atoms with Gasteiger partial charge in [0.2, 0.25) is 11.8 Å². The van der Waals surface area contributed by atoms with Crippen LogP contribution in [0.3, 0.4) is 0 Å². The topological polar surface area (TPSA) is 111 Å². The summed E-state index contributed by atoms with van der Waals surface area (Å²) in [5.41, 5.74) is 3.13. The molecule has 3 rings (SSSR count). The monoisotopic (exact) mass is 419 g/mol. The first-order valence-corrected chi connectivity index (χ1v) is 9.46. The number of anilines is 1. The number of aromatic nitrogens is 1. The van der Waals surface area contributed by atoms with E-state index in [0.717, 1.165) is 11.1 Å². The Morgan fingerprint density at radius 2 is 1.77 bits per heavy atom. The van der Waals surface area contributed by atoms with Crippen molar-refractivity contribution in [3.05, 3.63) is 77.5 Å². The Balaban J connectivity index is 1.59. The van der Waals surface area contributed by atoms with E-state index in [1.165, 1.54) is 13.0 Å². The molecule has 158 valence electrons. The summed E-state index contributed by atoms with van der Waals surface area (Å²) in [6, 6.07) is 18.2. The van der Waals surface area contributed by atoms with E-state index in [1.54, 1.807) is 30.3 Å². The fraction of sp³-hybridized carbons (Fsp3) is 0.130. The van der Waals surface area contributed by atoms with Crippen molar-refractivity contribution in [1.29, 1.82) is 0 Å². The normalized spacial score (nSPS) is 11.0. The number of benzene rings is 2. The van der Waals surface area contributed by atoms with Crippen LogP contribution in [0.2, 0.25) is 0 Å². The molecule has 1 heterocycles. The van der Waals surface area contributed by atoms with Crippen molar-refractivity contribution in [2.24, 2.45) is 0 Å². The first-order valence-electron chi connectivity index (χ1n) is 9.46. The highest BCUT2D eigenvalue weighted by molar-refractivity contribution is 5.99. The molecule has 2 N–H and O–H groups in total. The highest BCUT2D eigenvalue weighted by Gasteiger charge is 2.16. The number of rotatable bonds is 7. The quantitative estimate of drug-likeness (QED) is 0.449. The smallest absolute Gasteiger partial charge is 0.355 e. The summed E-state index contributed by atoms with van der Waals surface area (Å²) in [6.07, 6.45) is 1.46. The highest BCUT2D eigenvalue weighted by Crippen LogP contribution is 2.22. The van der Waals surface area contributed by atoms with Crippen LogP contribution < -0.4 is 10.6 Å². The Kier molecular flexibility index (Phi) is 6.95. The molecule has 0 radical (unpaired) electrons. The number of nitrogens with zero attached hydrogens (tertiary/aromatic N) is 1. The Labute approximate surface area is 178 Å². The molecule has 0 fully saturated rings. The summed E-state index contributed by atoms with van der Waals surface area (Å²) in [5.74, 6) is -1.76. The molecule has 3 aromatic rings. The van der Waals surface area contributed by atoms with Gasteiger partial charge in [0.25, 0.3) is 5.91 Å². The van der Waals surface area contributed by atoms with Gasteiger partial charge in [0.15, 0.2) is 6.61 Å². The summed E-state index contributed by atoms with van der Waals surface area (Å²) in [7, 11) is 0. The van der Waals surface area contributed by atoms with Crippen molar-refractivity contribution in [3.63, 3.8) is 0 Å². The maximum Gasteiger partial charge on any atom is 0.355 e. The van der Waals surface area contributed by atoms with Crippen molar-refractivity contribution in [1.82, 2.24) is 10.5 Å². The van der Waals surface area contributed by atoms with E-state index in [2.05, 4.69) is 15.8 Å². The standard InChI is InChI=1S/C23H21N3O5/c1-15-8-10-18(11-9-15)19-13-22(31-26-19)25-21(28)14-30-23(29)20(24-16(2)27)12-17-6-4-3-5-7-17/h3-13H,14H2,1-2H3,(H,24,27)(H,25,28)/b20-12-. The van der Waals surface area contributed by atoms with Crippen LogP contribution in [0.15, 0.2) is 70.9 Å². The van der Waals surface area contributed by atoms with Crippen molar-refractivity contribution >= 4 is 29.7 Å². The molecule has 31 heavy (non-hydrogen) atoms. The van der Waals surface area contributed by atoms with Crippen molar-refractivity contribution < 1.29 is 23.6 Å². The second-order valence-corrected chi connectivity index (χ2v) is 6.72. The molecule has 0 atom stereocenters. The molecule has 0 aliphatic rings. The van der Waals surface area contributed by atoms with Crippen LogP contribution in [0.1, 0.15) is 18.1 Å². The van der Waals surface area contributed by atoms with Gasteiger partial charge in [-0.15, -0.1) is 0 Å². The van der Waals surface area contributed by atoms with Crippen molar-refractivity contribution in [2.45, 2.75) is 13.8 Å². The number of aryl methyl sites for hydroxylation is 1. The maximum absolute atomic E-state index is 12.3. The van der Waals surface area contributed by atoms with Gasteiger partial charge < -0.3 is 14.6 Å². The van der Waals surface area contributed by atoms with E-state index in [0.29, 0.717) is 11.3 Å². The van der Waals surface area contributed by atoms with Gasteiger partial charge in [0.1, 0.15) is 11.4 Å². The van der Waals surface area contributed by atoms with Gasteiger partial charge >= 0.3 is 5.97 Å². The van der Waals surface area contributed by atoms with Crippen molar-refractivity contribution in [2.75, 3.05) is 11.9 Å². The number of esters is 1. The summed E-state index contributed by atoms with van der Waals surface area (Å²) in [5, 5.41) is 8.81. The first-order chi connectivity index (χ1) is 14.9. The molecule has 0 unspecified atom stereocenters. The van der Waals surface area contributed by atoms with E-state index in [-0.39, 0.29) is 11.6 Å². The van der Waals surface area contributed by atoms with Gasteiger partial charge in [-0.2, -0.15) is 0 Å². The van der Waals surface area contributed by atoms with Gasteiger partial charge in [0.05, 0.1) is 0 Å². The molecule has 0 saturated carbocycles. The van der Waals surface area contributed by atoms with E-state index in [1.807, 2.05) is 37.3 Å². The summed E-state index contributed by atoms with van der Waals surface area (Å²) >= 11 is 0. The highest BCUT2D eigenvalue weighted by atomic mass is 16.5. The minimum atomic E-state index is -0.841. The Bertz CT molecular complexity index is 1100. The molecule has 1 aromatic heterocycles. The first kappa shape index (κ1) is 21.5. The third kappa shape index (κ3) is 6.40. The number of hydrogen-bond acceptors (Lipinski definition) is 6. The fourth-order valence-corrected chi connectivity index (χ4v) is 2.63. The SMILES string of the molecule is CC(=O)N/C(=C\c1ccccc1)C(=O)OCC(=O)Nc1cc(-c2ccc(C)cc2)no1. The van der Waals surface area contributed by atoms with Crippen molar-refractivity contribution in [3.8, 4) is 11.3 Å². The van der Waals surface area contributed by atoms with Crippen LogP contribution in [-0.2, 0) is 19.1 Å². The van der Waals surface area contributed by atoms with Crippen LogP contribution >= 0.6 is 0 Å². The molecule has 0 spiro atoms. The van der Waals surface area contributed by atoms with Gasteiger partial charge in [-0.3, -0.25) is 14.9 Å². The van der Waals surface area contributed by atoms with Gasteiger partial charge in [-0.25, -0.2) is 4.79 Å². The fourth-order valence-electron chi connectivity index (χ4n) is 2.63. The summed E-state index contributed by atoms with van der Waals surface area (Å²) in [6.45, 7) is 2.69. The predicted octanol–water partition coefficient (Wildman–Crippen LogP) is 3.31. The maximum atomic E-state index is 12.3. The molecule has 2 amide bonds. The van der Waals surface area contributed by atoms with Crippen LogP contribution in [0.25, 0.3) is 17.3 Å². The molecule has 8 heteroatoms. The van der Waals surface area contributed by atoms with Gasteiger partial charge in [-0.1, -0.05) is 65.3 Å². The van der Waals surface area contributed by atoms with Gasteiger partial charge in [-0.05, 0) is 18.6 Å². The summed E-state index contributed by atoms with van der Waals surface area (Å²) < 4.78 is 10.1. The minimum absolute atomic E-state index is 0.0761. The molecule has 0 aliphatic carbocycles. The summed E-state index contributed by atoms with van der Waals surface area (Å²) in [4.78, 5) is 35.9. The molecule has 8 nitrogen and oxygen atoms in total. The zero-order valence-corrected chi connectivity index (χ0v) is 17.0.